The largest absolute Gasteiger partial charge is 0.437 e. The molecule has 0 bridgehead atoms. The van der Waals surface area contributed by atoms with Gasteiger partial charge in [0.25, 0.3) is 5.91 Å². The van der Waals surface area contributed by atoms with Crippen molar-refractivity contribution >= 4 is 52.3 Å². The SMILES string of the molecule is CNc1nccc(-c2cccnc2Oc2cc(NC(=O)c3cc(C(F)(F)F)ccc3Cl)c(Cl)cc2Cl)n1. The molecule has 0 radical (unpaired) electrons. The Morgan fingerprint density at radius 2 is 1.73 bits per heavy atom. The number of nitrogens with one attached hydrogen (secondary N) is 2. The molecule has 0 aliphatic heterocycles. The molecule has 4 rings (SSSR count). The topological polar surface area (TPSA) is 89.0 Å². The van der Waals surface area contributed by atoms with Crippen LogP contribution in [-0.4, -0.2) is 27.9 Å². The molecule has 2 aromatic heterocycles. The molecule has 190 valence electrons. The van der Waals surface area contributed by atoms with Crippen LogP contribution in [0, 0.1) is 0 Å². The fourth-order valence-corrected chi connectivity index (χ4v) is 3.84. The van der Waals surface area contributed by atoms with Gasteiger partial charge in [0.15, 0.2) is 0 Å². The maximum absolute atomic E-state index is 13.1. The second-order valence-corrected chi connectivity index (χ2v) is 8.60. The first-order valence-corrected chi connectivity index (χ1v) is 11.5. The third kappa shape index (κ3) is 6.04. The van der Waals surface area contributed by atoms with Crippen LogP contribution < -0.4 is 15.4 Å². The first-order valence-electron chi connectivity index (χ1n) is 10.4. The molecule has 0 aliphatic rings. The van der Waals surface area contributed by atoms with E-state index in [0.29, 0.717) is 23.3 Å². The van der Waals surface area contributed by atoms with Gasteiger partial charge in [0.05, 0.1) is 43.1 Å². The third-order valence-corrected chi connectivity index (χ3v) is 5.88. The number of anilines is 2. The zero-order chi connectivity index (χ0) is 26.7. The van der Waals surface area contributed by atoms with Gasteiger partial charge in [-0.1, -0.05) is 34.8 Å². The molecular formula is C24H15Cl3F3N5O2. The highest BCUT2D eigenvalue weighted by molar-refractivity contribution is 6.38. The molecule has 1 amide bonds. The Morgan fingerprint density at radius 1 is 0.946 bits per heavy atom. The van der Waals surface area contributed by atoms with Crippen LogP contribution in [-0.2, 0) is 6.18 Å². The minimum Gasteiger partial charge on any atom is -0.437 e. The van der Waals surface area contributed by atoms with E-state index in [1.54, 1.807) is 31.4 Å². The molecule has 0 saturated carbocycles. The molecule has 0 fully saturated rings. The van der Waals surface area contributed by atoms with E-state index in [1.165, 1.54) is 18.3 Å². The van der Waals surface area contributed by atoms with E-state index in [4.69, 9.17) is 39.5 Å². The number of hydrogen-bond acceptors (Lipinski definition) is 6. The van der Waals surface area contributed by atoms with Crippen LogP contribution in [0.5, 0.6) is 11.6 Å². The van der Waals surface area contributed by atoms with Crippen molar-refractivity contribution in [3.63, 3.8) is 0 Å². The van der Waals surface area contributed by atoms with Crippen molar-refractivity contribution in [3.8, 4) is 22.9 Å². The summed E-state index contributed by atoms with van der Waals surface area (Å²) in [6.45, 7) is 0. The summed E-state index contributed by atoms with van der Waals surface area (Å²) >= 11 is 18.5. The number of alkyl halides is 3. The van der Waals surface area contributed by atoms with Gasteiger partial charge < -0.3 is 15.4 Å². The lowest BCUT2D eigenvalue weighted by Crippen LogP contribution is -2.15. The minimum absolute atomic E-state index is 0.0181. The van der Waals surface area contributed by atoms with Crippen molar-refractivity contribution in [2.45, 2.75) is 6.18 Å². The van der Waals surface area contributed by atoms with E-state index in [9.17, 15) is 18.0 Å². The summed E-state index contributed by atoms with van der Waals surface area (Å²) in [7, 11) is 1.68. The van der Waals surface area contributed by atoms with Crippen molar-refractivity contribution in [3.05, 3.63) is 87.1 Å². The summed E-state index contributed by atoms with van der Waals surface area (Å²) in [5, 5.41) is 5.24. The summed E-state index contributed by atoms with van der Waals surface area (Å²) in [5.74, 6) is -0.314. The van der Waals surface area contributed by atoms with Gasteiger partial charge in [0.2, 0.25) is 11.8 Å². The van der Waals surface area contributed by atoms with Crippen LogP contribution in [0.15, 0.2) is 60.9 Å². The lowest BCUT2D eigenvalue weighted by atomic mass is 10.1. The van der Waals surface area contributed by atoms with Crippen LogP contribution in [0.3, 0.4) is 0 Å². The first-order chi connectivity index (χ1) is 17.6. The normalized spacial score (nSPS) is 11.2. The molecule has 0 unspecified atom stereocenters. The Bertz CT molecular complexity index is 1480. The van der Waals surface area contributed by atoms with Gasteiger partial charge in [-0.25, -0.2) is 15.0 Å². The number of aromatic nitrogens is 3. The van der Waals surface area contributed by atoms with Crippen molar-refractivity contribution in [2.75, 3.05) is 17.7 Å². The summed E-state index contributed by atoms with van der Waals surface area (Å²) < 4.78 is 45.3. The van der Waals surface area contributed by atoms with Gasteiger partial charge in [0.1, 0.15) is 5.75 Å². The van der Waals surface area contributed by atoms with Gasteiger partial charge in [-0.05, 0) is 42.5 Å². The van der Waals surface area contributed by atoms with Gasteiger partial charge >= 0.3 is 6.18 Å². The molecule has 2 aromatic carbocycles. The maximum Gasteiger partial charge on any atom is 0.416 e. The van der Waals surface area contributed by atoms with Crippen LogP contribution in [0.1, 0.15) is 15.9 Å². The average Bonchev–Trinajstić information content (AvgIpc) is 2.86. The molecule has 2 N–H and O–H groups in total. The Kier molecular flexibility index (Phi) is 7.72. The standard InChI is InChI=1S/C24H15Cl3F3N5O2/c1-31-23-33-8-6-18(35-23)13-3-2-7-32-22(13)37-20-11-19(16(26)10-17(20)27)34-21(36)14-9-12(24(28,29)30)4-5-15(14)25/h2-11H,1H3,(H,34,36)(H,31,33,35). The van der Waals surface area contributed by atoms with Crippen molar-refractivity contribution in [2.24, 2.45) is 0 Å². The molecule has 0 saturated heterocycles. The molecule has 7 nitrogen and oxygen atoms in total. The minimum atomic E-state index is -4.66. The van der Waals surface area contributed by atoms with Gasteiger partial charge in [0, 0.05) is 25.5 Å². The highest BCUT2D eigenvalue weighted by Gasteiger charge is 2.31. The van der Waals surface area contributed by atoms with Crippen molar-refractivity contribution in [1.82, 2.24) is 15.0 Å². The Labute approximate surface area is 223 Å². The summed E-state index contributed by atoms with van der Waals surface area (Å²) in [6, 6.07) is 10.1. The monoisotopic (exact) mass is 567 g/mol. The number of amides is 1. The second-order valence-electron chi connectivity index (χ2n) is 7.38. The number of hydrogen-bond donors (Lipinski definition) is 2. The Morgan fingerprint density at radius 3 is 2.46 bits per heavy atom. The highest BCUT2D eigenvalue weighted by atomic mass is 35.5. The number of carbonyl (C=O) groups is 1. The quantitative estimate of drug-likeness (QED) is 0.249. The maximum atomic E-state index is 13.1. The number of pyridine rings is 1. The Balaban J connectivity index is 1.66. The van der Waals surface area contributed by atoms with Gasteiger partial charge in [-0.3, -0.25) is 4.79 Å². The number of benzene rings is 2. The van der Waals surface area contributed by atoms with E-state index < -0.39 is 17.6 Å². The van der Waals surface area contributed by atoms with Crippen molar-refractivity contribution in [1.29, 1.82) is 0 Å². The van der Waals surface area contributed by atoms with E-state index in [1.807, 2.05) is 0 Å². The molecular weight excluding hydrogens is 554 g/mol. The average molecular weight is 569 g/mol. The number of rotatable bonds is 6. The lowest BCUT2D eigenvalue weighted by Gasteiger charge is -2.15. The molecule has 0 aliphatic carbocycles. The number of ether oxygens (including phenoxy) is 1. The third-order valence-electron chi connectivity index (χ3n) is 4.94. The molecule has 37 heavy (non-hydrogen) atoms. The van der Waals surface area contributed by atoms with E-state index in [0.717, 1.165) is 12.1 Å². The van der Waals surface area contributed by atoms with Crippen LogP contribution in [0.25, 0.3) is 11.3 Å². The van der Waals surface area contributed by atoms with Crippen LogP contribution >= 0.6 is 34.8 Å². The highest BCUT2D eigenvalue weighted by Crippen LogP contribution is 2.39. The Hall–Kier alpha value is -3.60. The van der Waals surface area contributed by atoms with E-state index >= 15 is 0 Å². The summed E-state index contributed by atoms with van der Waals surface area (Å²) in [5.41, 5.74) is -0.353. The lowest BCUT2D eigenvalue weighted by molar-refractivity contribution is -0.137. The zero-order valence-electron chi connectivity index (χ0n) is 18.7. The second kappa shape index (κ2) is 10.8. The zero-order valence-corrected chi connectivity index (χ0v) is 21.0. The number of nitrogens with zero attached hydrogens (tertiary/aromatic N) is 3. The first kappa shape index (κ1) is 26.5. The molecule has 2 heterocycles. The number of halogens is 6. The molecule has 0 atom stereocenters. The van der Waals surface area contributed by atoms with Crippen LogP contribution in [0.2, 0.25) is 15.1 Å². The molecule has 0 spiro atoms. The molecule has 4 aromatic rings. The van der Waals surface area contributed by atoms with Gasteiger partial charge in [-0.2, -0.15) is 13.2 Å². The van der Waals surface area contributed by atoms with E-state index in [2.05, 4.69) is 25.6 Å². The fraction of sp³-hybridized carbons (Fsp3) is 0.0833. The van der Waals surface area contributed by atoms with Crippen LogP contribution in [0.4, 0.5) is 24.8 Å². The predicted octanol–water partition coefficient (Wildman–Crippen LogP) is 7.60. The predicted molar refractivity (Wildman–Crippen MR) is 136 cm³/mol. The van der Waals surface area contributed by atoms with Gasteiger partial charge in [-0.15, -0.1) is 0 Å². The summed E-state index contributed by atoms with van der Waals surface area (Å²) in [6.07, 6.45) is -1.59. The molecule has 13 heteroatoms. The van der Waals surface area contributed by atoms with Crippen molar-refractivity contribution < 1.29 is 22.7 Å². The fourth-order valence-electron chi connectivity index (χ4n) is 3.17. The number of carbonyl (C=O) groups excluding carboxylic acids is 1. The smallest absolute Gasteiger partial charge is 0.416 e. The summed E-state index contributed by atoms with van der Waals surface area (Å²) in [4.78, 5) is 25.5. The van der Waals surface area contributed by atoms with E-state index in [-0.39, 0.29) is 37.9 Å².